The lowest BCUT2D eigenvalue weighted by Crippen LogP contribution is -3.00. The highest BCUT2D eigenvalue weighted by molar-refractivity contribution is 7.95. The van der Waals surface area contributed by atoms with E-state index in [1.165, 1.54) is 21.5 Å². The maximum Gasteiger partial charge on any atom is 0.109 e. The molecule has 0 amide bonds. The van der Waals surface area contributed by atoms with Gasteiger partial charge >= 0.3 is 0 Å². The maximum absolute atomic E-state index is 2.47. The Morgan fingerprint density at radius 2 is 1.12 bits per heavy atom. The number of benzene rings is 3. The van der Waals surface area contributed by atoms with Gasteiger partial charge in [-0.3, -0.25) is 0 Å². The molecule has 130 valence electrons. The third kappa shape index (κ3) is 4.22. The molecule has 0 saturated heterocycles. The Kier molecular flexibility index (Phi) is 6.99. The Balaban J connectivity index is 0.00000225. The van der Waals surface area contributed by atoms with E-state index in [9.17, 15) is 0 Å². The highest BCUT2D eigenvalue weighted by Crippen LogP contribution is 2.52. The fourth-order valence-electron chi connectivity index (χ4n) is 3.44. The van der Waals surface area contributed by atoms with Gasteiger partial charge in [-0.25, -0.2) is 0 Å². The Bertz CT molecular complexity index is 742. The molecule has 3 aromatic rings. The predicted molar refractivity (Wildman–Crippen MR) is 110 cm³/mol. The molecule has 0 aromatic heterocycles. The first kappa shape index (κ1) is 19.9. The molecule has 0 fully saturated rings. The maximum atomic E-state index is 2.47. The van der Waals surface area contributed by atoms with Crippen molar-refractivity contribution in [3.8, 4) is 0 Å². The van der Waals surface area contributed by atoms with Crippen LogP contribution < -0.4 is 32.9 Å². The minimum atomic E-state index is -1.62. The van der Waals surface area contributed by atoms with Gasteiger partial charge in [-0.1, -0.05) is 68.4 Å². The number of hydrogen-bond donors (Lipinski definition) is 0. The van der Waals surface area contributed by atoms with Gasteiger partial charge in [0.2, 0.25) is 0 Å². The fourth-order valence-corrected chi connectivity index (χ4v) is 6.95. The van der Waals surface area contributed by atoms with Crippen LogP contribution >= 0.6 is 7.26 Å². The second-order valence-corrected chi connectivity index (χ2v) is 10.4. The summed E-state index contributed by atoms with van der Waals surface area (Å²) in [5.41, 5.74) is 1.50. The third-order valence-electron chi connectivity index (χ3n) is 4.65. The van der Waals surface area contributed by atoms with Crippen molar-refractivity contribution in [2.24, 2.45) is 5.92 Å². The lowest BCUT2D eigenvalue weighted by Gasteiger charge is -2.25. The molecule has 0 unspecified atom stereocenters. The zero-order valence-corrected chi connectivity index (χ0v) is 17.7. The van der Waals surface area contributed by atoms with Crippen molar-refractivity contribution < 1.29 is 17.0 Å². The summed E-state index contributed by atoms with van der Waals surface area (Å²) in [5, 5.41) is 4.43. The molecule has 0 aliphatic rings. The van der Waals surface area contributed by atoms with Crippen LogP contribution in [0.4, 0.5) is 0 Å². The van der Waals surface area contributed by atoms with Gasteiger partial charge in [-0.2, -0.15) is 0 Å². The monoisotopic (exact) mass is 412 g/mol. The highest BCUT2D eigenvalue weighted by Gasteiger charge is 2.41. The van der Waals surface area contributed by atoms with Crippen LogP contribution in [0.15, 0.2) is 84.9 Å². The zero-order valence-electron chi connectivity index (χ0n) is 15.2. The van der Waals surface area contributed by atoms with Crippen LogP contribution in [0.25, 0.3) is 0 Å². The van der Waals surface area contributed by atoms with Crippen molar-refractivity contribution in [1.29, 1.82) is 0 Å². The lowest BCUT2D eigenvalue weighted by atomic mass is 10.0. The molecule has 0 heterocycles. The SMILES string of the molecule is CC(C)Cc1ccccc1[P+](C)(c1ccccc1)c1ccccc1.[Br-]. The van der Waals surface area contributed by atoms with E-state index in [2.05, 4.69) is 105 Å². The molecule has 0 spiro atoms. The van der Waals surface area contributed by atoms with E-state index in [1.807, 2.05) is 0 Å². The molecule has 0 aliphatic heterocycles. The van der Waals surface area contributed by atoms with E-state index in [4.69, 9.17) is 0 Å². The molecule has 0 aliphatic carbocycles. The minimum Gasteiger partial charge on any atom is -1.00 e. The molecule has 0 saturated carbocycles. The average molecular weight is 413 g/mol. The molecule has 0 bridgehead atoms. The summed E-state index contributed by atoms with van der Waals surface area (Å²) in [6.07, 6.45) is 1.13. The van der Waals surface area contributed by atoms with Crippen LogP contribution in [0.2, 0.25) is 0 Å². The summed E-state index contributed by atoms with van der Waals surface area (Å²) >= 11 is 0. The van der Waals surface area contributed by atoms with Crippen LogP contribution in [0.5, 0.6) is 0 Å². The smallest absolute Gasteiger partial charge is 0.109 e. The third-order valence-corrected chi connectivity index (χ3v) is 8.71. The van der Waals surface area contributed by atoms with Gasteiger partial charge in [0, 0.05) is 0 Å². The van der Waals surface area contributed by atoms with Crippen molar-refractivity contribution in [2.75, 3.05) is 6.66 Å². The van der Waals surface area contributed by atoms with Gasteiger partial charge in [0.1, 0.15) is 23.2 Å². The van der Waals surface area contributed by atoms with E-state index in [-0.39, 0.29) is 17.0 Å². The van der Waals surface area contributed by atoms with Crippen LogP contribution in [0.1, 0.15) is 19.4 Å². The summed E-state index contributed by atoms with van der Waals surface area (Å²) in [6.45, 7) is 7.08. The summed E-state index contributed by atoms with van der Waals surface area (Å²) in [6, 6.07) is 31.1. The van der Waals surface area contributed by atoms with Gasteiger partial charge < -0.3 is 17.0 Å². The fraction of sp³-hybridized carbons (Fsp3) is 0.217. The molecular weight excluding hydrogens is 387 g/mol. The summed E-state index contributed by atoms with van der Waals surface area (Å²) in [4.78, 5) is 0. The topological polar surface area (TPSA) is 0 Å². The standard InChI is InChI=1S/C23H26P.BrH/c1-19(2)18-20-12-10-11-17-23(20)24(3,21-13-6-4-7-14-21)22-15-8-5-9-16-22;/h4-17,19H,18H2,1-3H3;1H/q+1;/p-1. The first-order valence-electron chi connectivity index (χ1n) is 8.68. The molecule has 0 radical (unpaired) electrons. The van der Waals surface area contributed by atoms with Gasteiger partial charge in [-0.05, 0) is 48.2 Å². The molecule has 3 rings (SSSR count). The van der Waals surface area contributed by atoms with Gasteiger partial charge in [0.15, 0.2) is 0 Å². The second kappa shape index (κ2) is 8.79. The average Bonchev–Trinajstić information content (AvgIpc) is 2.62. The largest absolute Gasteiger partial charge is 1.00 e. The van der Waals surface area contributed by atoms with Gasteiger partial charge in [0.05, 0.1) is 6.66 Å². The Morgan fingerprint density at radius 3 is 1.60 bits per heavy atom. The first-order valence-corrected chi connectivity index (χ1v) is 10.9. The van der Waals surface area contributed by atoms with Crippen molar-refractivity contribution in [3.63, 3.8) is 0 Å². The van der Waals surface area contributed by atoms with Crippen LogP contribution in [0.3, 0.4) is 0 Å². The van der Waals surface area contributed by atoms with Crippen LogP contribution in [0, 0.1) is 5.92 Å². The van der Waals surface area contributed by atoms with Crippen LogP contribution in [-0.2, 0) is 6.42 Å². The molecular formula is C23H26BrP. The van der Waals surface area contributed by atoms with E-state index in [0.717, 1.165) is 6.42 Å². The van der Waals surface area contributed by atoms with Crippen molar-refractivity contribution in [3.05, 3.63) is 90.5 Å². The Labute approximate surface area is 163 Å². The minimum absolute atomic E-state index is 0. The number of hydrogen-bond acceptors (Lipinski definition) is 0. The van der Waals surface area contributed by atoms with E-state index in [0.29, 0.717) is 5.92 Å². The number of halogens is 1. The normalized spacial score (nSPS) is 11.2. The molecule has 0 atom stereocenters. The molecule has 2 heteroatoms. The molecule has 0 N–H and O–H groups in total. The highest BCUT2D eigenvalue weighted by atomic mass is 79.9. The predicted octanol–water partition coefficient (Wildman–Crippen LogP) is 1.81. The number of rotatable bonds is 5. The second-order valence-electron chi connectivity index (χ2n) is 6.90. The Hall–Kier alpha value is -1.43. The van der Waals surface area contributed by atoms with Crippen molar-refractivity contribution in [1.82, 2.24) is 0 Å². The van der Waals surface area contributed by atoms with Crippen molar-refractivity contribution >= 4 is 23.2 Å². The quantitative estimate of drug-likeness (QED) is 0.560. The summed E-state index contributed by atoms with van der Waals surface area (Å²) in [5.74, 6) is 0.658. The van der Waals surface area contributed by atoms with E-state index < -0.39 is 7.26 Å². The van der Waals surface area contributed by atoms with Crippen LogP contribution in [-0.4, -0.2) is 6.66 Å². The lowest BCUT2D eigenvalue weighted by molar-refractivity contribution is -0.00000500. The zero-order chi connectivity index (χ0) is 17.0. The van der Waals surface area contributed by atoms with Crippen molar-refractivity contribution in [2.45, 2.75) is 20.3 Å². The van der Waals surface area contributed by atoms with Gasteiger partial charge in [-0.15, -0.1) is 0 Å². The first-order chi connectivity index (χ1) is 11.6. The molecule has 25 heavy (non-hydrogen) atoms. The molecule has 3 aromatic carbocycles. The Morgan fingerprint density at radius 1 is 0.680 bits per heavy atom. The summed E-state index contributed by atoms with van der Waals surface area (Å²) in [7, 11) is -1.62. The van der Waals surface area contributed by atoms with E-state index in [1.54, 1.807) is 0 Å². The van der Waals surface area contributed by atoms with E-state index >= 15 is 0 Å². The van der Waals surface area contributed by atoms with Gasteiger partial charge in [0.25, 0.3) is 0 Å². The molecule has 0 nitrogen and oxygen atoms in total. The summed E-state index contributed by atoms with van der Waals surface area (Å²) < 4.78 is 0.